The molecule has 1 heterocycles. The van der Waals surface area contributed by atoms with Gasteiger partial charge >= 0.3 is 0 Å². The molecule has 0 saturated heterocycles. The highest BCUT2D eigenvalue weighted by Crippen LogP contribution is 2.19. The van der Waals surface area contributed by atoms with Crippen LogP contribution in [0.4, 0.5) is 0 Å². The summed E-state index contributed by atoms with van der Waals surface area (Å²) in [6.45, 7) is 4.99. The molecule has 5 nitrogen and oxygen atoms in total. The number of rotatable bonds is 2. The van der Waals surface area contributed by atoms with Crippen molar-refractivity contribution in [3.63, 3.8) is 0 Å². The zero-order chi connectivity index (χ0) is 14.9. The Morgan fingerprint density at radius 2 is 2.00 bits per heavy atom. The number of carbonyl (C=O) groups is 1. The Morgan fingerprint density at radius 1 is 1.30 bits per heavy atom. The molecule has 0 aromatic heterocycles. The minimum absolute atomic E-state index is 0.0317. The summed E-state index contributed by atoms with van der Waals surface area (Å²) in [5.74, 6) is -0.152. The van der Waals surface area contributed by atoms with E-state index in [1.165, 1.54) is 12.1 Å². The molecule has 6 heteroatoms. The molecule has 20 heavy (non-hydrogen) atoms. The van der Waals surface area contributed by atoms with Gasteiger partial charge in [0.05, 0.1) is 4.90 Å². The van der Waals surface area contributed by atoms with Crippen LogP contribution in [0.15, 0.2) is 34.7 Å². The highest BCUT2D eigenvalue weighted by molar-refractivity contribution is 7.89. The van der Waals surface area contributed by atoms with Crippen LogP contribution in [0.1, 0.15) is 29.3 Å². The van der Waals surface area contributed by atoms with E-state index >= 15 is 0 Å². The SMILES string of the molecule is CC1=CCCN(C(=O)c2cc(S(N)(=O)=O)ccc2C)C1. The van der Waals surface area contributed by atoms with Gasteiger partial charge in [0.2, 0.25) is 10.0 Å². The smallest absolute Gasteiger partial charge is 0.254 e. The Bertz CT molecular complexity index is 678. The van der Waals surface area contributed by atoms with Crippen molar-refractivity contribution in [3.05, 3.63) is 41.0 Å². The van der Waals surface area contributed by atoms with E-state index in [1.54, 1.807) is 17.9 Å². The number of hydrogen-bond donors (Lipinski definition) is 1. The van der Waals surface area contributed by atoms with Gasteiger partial charge in [0.1, 0.15) is 0 Å². The molecule has 0 fully saturated rings. The maximum Gasteiger partial charge on any atom is 0.254 e. The molecule has 0 saturated carbocycles. The fraction of sp³-hybridized carbons (Fsp3) is 0.357. The number of nitrogens with two attached hydrogens (primary N) is 1. The lowest BCUT2D eigenvalue weighted by molar-refractivity contribution is 0.0765. The summed E-state index contributed by atoms with van der Waals surface area (Å²) < 4.78 is 22.8. The fourth-order valence-electron chi connectivity index (χ4n) is 2.26. The second kappa shape index (κ2) is 5.38. The van der Waals surface area contributed by atoms with Crippen LogP contribution in [0, 0.1) is 6.92 Å². The summed E-state index contributed by atoms with van der Waals surface area (Å²) in [7, 11) is -3.80. The molecule has 0 bridgehead atoms. The molecule has 0 radical (unpaired) electrons. The molecule has 108 valence electrons. The summed E-state index contributed by atoms with van der Waals surface area (Å²) in [5, 5.41) is 5.11. The Hall–Kier alpha value is -1.66. The first kappa shape index (κ1) is 14.7. The van der Waals surface area contributed by atoms with Gasteiger partial charge < -0.3 is 4.90 Å². The van der Waals surface area contributed by atoms with Crippen LogP contribution in [0.2, 0.25) is 0 Å². The molecule has 1 aliphatic heterocycles. The zero-order valence-corrected chi connectivity index (χ0v) is 12.4. The van der Waals surface area contributed by atoms with Gasteiger partial charge in [-0.25, -0.2) is 13.6 Å². The van der Waals surface area contributed by atoms with Crippen LogP contribution in [0.5, 0.6) is 0 Å². The molecular formula is C14H18N2O3S. The number of primary sulfonamides is 1. The van der Waals surface area contributed by atoms with Crippen LogP contribution in [0.3, 0.4) is 0 Å². The highest BCUT2D eigenvalue weighted by atomic mass is 32.2. The van der Waals surface area contributed by atoms with Crippen LogP contribution in [-0.2, 0) is 10.0 Å². The standard InChI is InChI=1S/C14H18N2O3S/c1-10-4-3-7-16(9-10)14(17)13-8-12(20(15,18)19)6-5-11(13)2/h4-6,8H,3,7,9H2,1-2H3,(H2,15,18,19). The first-order valence-electron chi connectivity index (χ1n) is 6.37. The number of amides is 1. The molecule has 1 aliphatic rings. The first-order valence-corrected chi connectivity index (χ1v) is 7.92. The number of nitrogens with zero attached hydrogens (tertiary/aromatic N) is 1. The highest BCUT2D eigenvalue weighted by Gasteiger charge is 2.21. The largest absolute Gasteiger partial charge is 0.334 e. The first-order chi connectivity index (χ1) is 9.29. The second-order valence-electron chi connectivity index (χ2n) is 5.09. The van der Waals surface area contributed by atoms with E-state index < -0.39 is 10.0 Å². The Balaban J connectivity index is 2.37. The van der Waals surface area contributed by atoms with Gasteiger partial charge in [-0.05, 0) is 38.0 Å². The molecule has 1 amide bonds. The lowest BCUT2D eigenvalue weighted by atomic mass is 10.1. The Morgan fingerprint density at radius 3 is 2.60 bits per heavy atom. The minimum atomic E-state index is -3.80. The number of sulfonamides is 1. The maximum absolute atomic E-state index is 12.5. The summed E-state index contributed by atoms with van der Waals surface area (Å²) in [4.78, 5) is 14.2. The van der Waals surface area contributed by atoms with E-state index in [0.29, 0.717) is 18.7 Å². The van der Waals surface area contributed by atoms with E-state index in [1.807, 2.05) is 6.92 Å². The topological polar surface area (TPSA) is 80.5 Å². The van der Waals surface area contributed by atoms with E-state index in [0.717, 1.165) is 17.6 Å². The second-order valence-corrected chi connectivity index (χ2v) is 6.65. The van der Waals surface area contributed by atoms with E-state index in [4.69, 9.17) is 5.14 Å². The van der Waals surface area contributed by atoms with Gasteiger partial charge in [-0.3, -0.25) is 4.79 Å². The number of aryl methyl sites for hydroxylation is 1. The lowest BCUT2D eigenvalue weighted by Crippen LogP contribution is -2.35. The lowest BCUT2D eigenvalue weighted by Gasteiger charge is -2.27. The average Bonchev–Trinajstić information content (AvgIpc) is 2.37. The van der Waals surface area contributed by atoms with Crippen molar-refractivity contribution in [1.82, 2.24) is 4.90 Å². The van der Waals surface area contributed by atoms with Crippen molar-refractivity contribution in [2.45, 2.75) is 25.2 Å². The third-order valence-corrected chi connectivity index (χ3v) is 4.30. The zero-order valence-electron chi connectivity index (χ0n) is 11.6. The third kappa shape index (κ3) is 3.08. The van der Waals surface area contributed by atoms with Crippen LogP contribution >= 0.6 is 0 Å². The molecule has 1 aromatic carbocycles. The van der Waals surface area contributed by atoms with Crippen molar-refractivity contribution >= 4 is 15.9 Å². The van der Waals surface area contributed by atoms with Crippen molar-refractivity contribution in [3.8, 4) is 0 Å². The van der Waals surface area contributed by atoms with Crippen LogP contribution < -0.4 is 5.14 Å². The minimum Gasteiger partial charge on any atom is -0.334 e. The van der Waals surface area contributed by atoms with Crippen molar-refractivity contribution in [2.24, 2.45) is 5.14 Å². The van der Waals surface area contributed by atoms with E-state index in [9.17, 15) is 13.2 Å². The van der Waals surface area contributed by atoms with Crippen molar-refractivity contribution in [1.29, 1.82) is 0 Å². The molecule has 0 spiro atoms. The molecule has 2 N–H and O–H groups in total. The van der Waals surface area contributed by atoms with Gasteiger partial charge in [0.25, 0.3) is 5.91 Å². The van der Waals surface area contributed by atoms with Crippen molar-refractivity contribution in [2.75, 3.05) is 13.1 Å². The maximum atomic E-state index is 12.5. The van der Waals surface area contributed by atoms with E-state index in [2.05, 4.69) is 6.08 Å². The number of carbonyl (C=O) groups excluding carboxylic acids is 1. The summed E-state index contributed by atoms with van der Waals surface area (Å²) in [6, 6.07) is 4.39. The molecule has 0 unspecified atom stereocenters. The van der Waals surface area contributed by atoms with Gasteiger partial charge in [-0.2, -0.15) is 0 Å². The number of hydrogen-bond acceptors (Lipinski definition) is 3. The average molecular weight is 294 g/mol. The summed E-state index contributed by atoms with van der Waals surface area (Å²) in [6.07, 6.45) is 2.93. The predicted molar refractivity (Wildman–Crippen MR) is 76.8 cm³/mol. The Labute approximate surface area is 119 Å². The van der Waals surface area contributed by atoms with Gasteiger partial charge in [-0.1, -0.05) is 17.7 Å². The Kier molecular flexibility index (Phi) is 3.96. The third-order valence-electron chi connectivity index (χ3n) is 3.39. The van der Waals surface area contributed by atoms with Crippen LogP contribution in [-0.4, -0.2) is 32.3 Å². The molecule has 0 aliphatic carbocycles. The van der Waals surface area contributed by atoms with Gasteiger partial charge in [-0.15, -0.1) is 0 Å². The fourth-order valence-corrected chi connectivity index (χ4v) is 2.80. The van der Waals surface area contributed by atoms with E-state index in [-0.39, 0.29) is 10.8 Å². The molecular weight excluding hydrogens is 276 g/mol. The normalized spacial score (nSPS) is 15.9. The molecule has 2 rings (SSSR count). The monoisotopic (exact) mass is 294 g/mol. The predicted octanol–water partition coefficient (Wildman–Crippen LogP) is 1.43. The quantitative estimate of drug-likeness (QED) is 0.838. The van der Waals surface area contributed by atoms with Gasteiger partial charge in [0.15, 0.2) is 0 Å². The molecule has 1 aromatic rings. The van der Waals surface area contributed by atoms with Crippen LogP contribution in [0.25, 0.3) is 0 Å². The summed E-state index contributed by atoms with van der Waals surface area (Å²) in [5.41, 5.74) is 2.28. The van der Waals surface area contributed by atoms with Crippen molar-refractivity contribution < 1.29 is 13.2 Å². The molecule has 0 atom stereocenters. The summed E-state index contributed by atoms with van der Waals surface area (Å²) >= 11 is 0. The van der Waals surface area contributed by atoms with Gasteiger partial charge in [0, 0.05) is 18.7 Å². The number of benzene rings is 1.